The van der Waals surface area contributed by atoms with Crippen LogP contribution in [0.15, 0.2) is 0 Å². The molecule has 1 aliphatic rings. The maximum atomic E-state index is 9.38. The standard InChI is InChI=1S/C10H21NO3/c1-13-8-10(12)4-5-11-9-3-2-6-14-7-9/h9-12H,2-8H2,1H3. The highest BCUT2D eigenvalue weighted by atomic mass is 16.5. The normalized spacial score (nSPS) is 24.9. The first-order valence-corrected chi connectivity index (χ1v) is 5.31. The van der Waals surface area contributed by atoms with Gasteiger partial charge in [0, 0.05) is 19.8 Å². The smallest absolute Gasteiger partial charge is 0.0785 e. The van der Waals surface area contributed by atoms with Crippen LogP contribution in [0, 0.1) is 0 Å². The molecule has 14 heavy (non-hydrogen) atoms. The topological polar surface area (TPSA) is 50.7 Å². The van der Waals surface area contributed by atoms with E-state index in [9.17, 15) is 5.11 Å². The number of ether oxygens (including phenoxy) is 2. The lowest BCUT2D eigenvalue weighted by molar-refractivity contribution is 0.0515. The largest absolute Gasteiger partial charge is 0.391 e. The third kappa shape index (κ3) is 4.91. The molecule has 0 saturated carbocycles. The summed E-state index contributed by atoms with van der Waals surface area (Å²) < 4.78 is 10.2. The van der Waals surface area contributed by atoms with Crippen LogP contribution >= 0.6 is 0 Å². The van der Waals surface area contributed by atoms with Gasteiger partial charge in [-0.2, -0.15) is 0 Å². The van der Waals surface area contributed by atoms with Crippen LogP contribution in [0.25, 0.3) is 0 Å². The fourth-order valence-corrected chi connectivity index (χ4v) is 1.63. The molecule has 0 bridgehead atoms. The molecule has 1 rings (SSSR count). The van der Waals surface area contributed by atoms with Crippen LogP contribution in [-0.2, 0) is 9.47 Å². The summed E-state index contributed by atoms with van der Waals surface area (Å²) in [5.41, 5.74) is 0. The van der Waals surface area contributed by atoms with Gasteiger partial charge in [0.05, 0.1) is 19.3 Å². The van der Waals surface area contributed by atoms with Crippen molar-refractivity contribution >= 4 is 0 Å². The second kappa shape index (κ2) is 7.17. The molecule has 0 aromatic rings. The fourth-order valence-electron chi connectivity index (χ4n) is 1.63. The first-order chi connectivity index (χ1) is 6.83. The van der Waals surface area contributed by atoms with Gasteiger partial charge in [0.2, 0.25) is 0 Å². The molecule has 84 valence electrons. The number of methoxy groups -OCH3 is 1. The Kier molecular flexibility index (Phi) is 6.10. The first kappa shape index (κ1) is 11.9. The van der Waals surface area contributed by atoms with E-state index < -0.39 is 0 Å². The van der Waals surface area contributed by atoms with Gasteiger partial charge in [-0.05, 0) is 25.8 Å². The van der Waals surface area contributed by atoms with E-state index in [0.29, 0.717) is 12.6 Å². The quantitative estimate of drug-likeness (QED) is 0.645. The molecule has 1 saturated heterocycles. The molecule has 0 aromatic heterocycles. The van der Waals surface area contributed by atoms with Gasteiger partial charge in [-0.15, -0.1) is 0 Å². The third-order valence-corrected chi connectivity index (χ3v) is 2.43. The maximum absolute atomic E-state index is 9.38. The number of aliphatic hydroxyl groups is 1. The Morgan fingerprint density at radius 1 is 1.64 bits per heavy atom. The molecular weight excluding hydrogens is 182 g/mol. The van der Waals surface area contributed by atoms with Gasteiger partial charge < -0.3 is 19.9 Å². The van der Waals surface area contributed by atoms with E-state index in [4.69, 9.17) is 9.47 Å². The van der Waals surface area contributed by atoms with Crippen LogP contribution in [0.5, 0.6) is 0 Å². The van der Waals surface area contributed by atoms with Gasteiger partial charge in [-0.25, -0.2) is 0 Å². The van der Waals surface area contributed by atoms with Crippen molar-refractivity contribution in [2.45, 2.75) is 31.4 Å². The average molecular weight is 203 g/mol. The summed E-state index contributed by atoms with van der Waals surface area (Å²) in [6.45, 7) is 2.95. The molecule has 4 nitrogen and oxygen atoms in total. The van der Waals surface area contributed by atoms with E-state index in [1.807, 2.05) is 0 Å². The highest BCUT2D eigenvalue weighted by Gasteiger charge is 2.13. The van der Waals surface area contributed by atoms with Crippen molar-refractivity contribution in [3.63, 3.8) is 0 Å². The molecule has 0 radical (unpaired) electrons. The zero-order valence-electron chi connectivity index (χ0n) is 8.87. The van der Waals surface area contributed by atoms with Crippen LogP contribution in [0.1, 0.15) is 19.3 Å². The van der Waals surface area contributed by atoms with Crippen LogP contribution in [-0.4, -0.2) is 50.7 Å². The van der Waals surface area contributed by atoms with E-state index in [1.54, 1.807) is 7.11 Å². The maximum Gasteiger partial charge on any atom is 0.0785 e. The van der Waals surface area contributed by atoms with Crippen molar-refractivity contribution in [3.05, 3.63) is 0 Å². The molecule has 2 unspecified atom stereocenters. The zero-order chi connectivity index (χ0) is 10.2. The number of nitrogens with one attached hydrogen (secondary N) is 1. The second-order valence-corrected chi connectivity index (χ2v) is 3.77. The van der Waals surface area contributed by atoms with Crippen molar-refractivity contribution in [2.75, 3.05) is 33.5 Å². The van der Waals surface area contributed by atoms with Crippen molar-refractivity contribution in [1.29, 1.82) is 0 Å². The summed E-state index contributed by atoms with van der Waals surface area (Å²) >= 11 is 0. The summed E-state index contributed by atoms with van der Waals surface area (Å²) in [7, 11) is 1.60. The second-order valence-electron chi connectivity index (χ2n) is 3.77. The van der Waals surface area contributed by atoms with Crippen LogP contribution in [0.4, 0.5) is 0 Å². The molecule has 1 heterocycles. The lowest BCUT2D eigenvalue weighted by atomic mass is 10.1. The Bertz CT molecular complexity index is 137. The van der Waals surface area contributed by atoms with Crippen LogP contribution in [0.2, 0.25) is 0 Å². The van der Waals surface area contributed by atoms with Crippen LogP contribution < -0.4 is 5.32 Å². The predicted molar refractivity (Wildman–Crippen MR) is 54.3 cm³/mol. The third-order valence-electron chi connectivity index (χ3n) is 2.43. The molecule has 4 heteroatoms. The van der Waals surface area contributed by atoms with E-state index in [1.165, 1.54) is 6.42 Å². The Balaban J connectivity index is 1.96. The van der Waals surface area contributed by atoms with E-state index in [-0.39, 0.29) is 6.10 Å². The predicted octanol–water partition coefficient (Wildman–Crippen LogP) is 0.152. The van der Waals surface area contributed by atoms with Crippen molar-refractivity contribution in [2.24, 2.45) is 0 Å². The molecule has 2 N–H and O–H groups in total. The van der Waals surface area contributed by atoms with Gasteiger partial charge in [0.25, 0.3) is 0 Å². The Morgan fingerprint density at radius 2 is 2.50 bits per heavy atom. The number of aliphatic hydroxyl groups excluding tert-OH is 1. The number of rotatable bonds is 6. The van der Waals surface area contributed by atoms with Gasteiger partial charge in [0.1, 0.15) is 0 Å². The van der Waals surface area contributed by atoms with Crippen molar-refractivity contribution in [3.8, 4) is 0 Å². The summed E-state index contributed by atoms with van der Waals surface area (Å²) in [6.07, 6.45) is 2.71. The Hall–Kier alpha value is -0.160. The number of hydrogen-bond donors (Lipinski definition) is 2. The summed E-state index contributed by atoms with van der Waals surface area (Å²) in [5, 5.41) is 12.8. The molecule has 0 aromatic carbocycles. The van der Waals surface area contributed by atoms with E-state index in [2.05, 4.69) is 5.32 Å². The molecule has 1 aliphatic heterocycles. The van der Waals surface area contributed by atoms with Gasteiger partial charge in [-0.1, -0.05) is 0 Å². The monoisotopic (exact) mass is 203 g/mol. The van der Waals surface area contributed by atoms with Gasteiger partial charge in [0.15, 0.2) is 0 Å². The number of hydrogen-bond acceptors (Lipinski definition) is 4. The first-order valence-electron chi connectivity index (χ1n) is 5.31. The summed E-state index contributed by atoms with van der Waals surface area (Å²) in [4.78, 5) is 0. The lowest BCUT2D eigenvalue weighted by Crippen LogP contribution is -2.38. The molecular formula is C10H21NO3. The van der Waals surface area contributed by atoms with Crippen molar-refractivity contribution in [1.82, 2.24) is 5.32 Å². The minimum Gasteiger partial charge on any atom is -0.391 e. The summed E-state index contributed by atoms with van der Waals surface area (Å²) in [5.74, 6) is 0. The highest BCUT2D eigenvalue weighted by Crippen LogP contribution is 2.05. The van der Waals surface area contributed by atoms with E-state index in [0.717, 1.165) is 32.6 Å². The Morgan fingerprint density at radius 3 is 3.14 bits per heavy atom. The minimum absolute atomic E-state index is 0.350. The SMILES string of the molecule is COCC(O)CCNC1CCCOC1. The minimum atomic E-state index is -0.350. The molecule has 1 fully saturated rings. The zero-order valence-corrected chi connectivity index (χ0v) is 8.87. The molecule has 2 atom stereocenters. The van der Waals surface area contributed by atoms with Crippen molar-refractivity contribution < 1.29 is 14.6 Å². The summed E-state index contributed by atoms with van der Waals surface area (Å²) in [6, 6.07) is 0.471. The Labute approximate surface area is 85.6 Å². The highest BCUT2D eigenvalue weighted by molar-refractivity contribution is 4.70. The van der Waals surface area contributed by atoms with E-state index >= 15 is 0 Å². The van der Waals surface area contributed by atoms with Gasteiger partial charge >= 0.3 is 0 Å². The lowest BCUT2D eigenvalue weighted by Gasteiger charge is -2.23. The molecule has 0 amide bonds. The molecule has 0 spiro atoms. The molecule has 0 aliphatic carbocycles. The van der Waals surface area contributed by atoms with Gasteiger partial charge in [-0.3, -0.25) is 0 Å². The van der Waals surface area contributed by atoms with Crippen LogP contribution in [0.3, 0.4) is 0 Å². The average Bonchev–Trinajstić information content (AvgIpc) is 2.20. The fraction of sp³-hybridized carbons (Fsp3) is 1.00.